The average Bonchev–Trinajstić information content (AvgIpc) is 3.18. The molecule has 0 fully saturated rings. The van der Waals surface area contributed by atoms with E-state index in [1.807, 2.05) is 18.2 Å². The van der Waals surface area contributed by atoms with E-state index in [9.17, 15) is 15.2 Å². The van der Waals surface area contributed by atoms with Gasteiger partial charge in [0.1, 0.15) is 0 Å². The Bertz CT molecular complexity index is 1230. The highest BCUT2D eigenvalue weighted by atomic mass is 32.1. The number of aromatic hydroxyl groups is 1. The Morgan fingerprint density at radius 2 is 2.15 bits per heavy atom. The van der Waals surface area contributed by atoms with Gasteiger partial charge in [0, 0.05) is 17.5 Å². The molecule has 9 nitrogen and oxygen atoms in total. The second kappa shape index (κ2) is 6.70. The lowest BCUT2D eigenvalue weighted by Gasteiger charge is -1.96. The van der Waals surface area contributed by atoms with E-state index in [1.165, 1.54) is 23.5 Å². The first kappa shape index (κ1) is 17.0. The van der Waals surface area contributed by atoms with Crippen LogP contribution in [-0.2, 0) is 0 Å². The molecule has 0 saturated carbocycles. The van der Waals surface area contributed by atoms with Crippen molar-refractivity contribution < 1.29 is 10.0 Å². The molecule has 11 heteroatoms. The van der Waals surface area contributed by atoms with Crippen molar-refractivity contribution >= 4 is 66.3 Å². The standard InChI is InChI=1S/C16H10N6O3S2/c23-14-13(9-3-1-2-4-10(9)17-14)20-21-15(26)19-16-18-11-6-5-8(22(24)25)7-12(11)27-16/h1-7,17,23H,(H,18,19,26). The quantitative estimate of drug-likeness (QED) is 0.195. The smallest absolute Gasteiger partial charge is 0.270 e. The van der Waals surface area contributed by atoms with Crippen molar-refractivity contribution in [2.75, 3.05) is 5.32 Å². The molecular formula is C16H10N6O3S2. The Morgan fingerprint density at radius 1 is 1.33 bits per heavy atom. The van der Waals surface area contributed by atoms with E-state index < -0.39 is 4.92 Å². The second-order valence-corrected chi connectivity index (χ2v) is 6.84. The van der Waals surface area contributed by atoms with E-state index in [-0.39, 0.29) is 22.4 Å². The summed E-state index contributed by atoms with van der Waals surface area (Å²) in [5, 5.41) is 32.8. The first-order valence-electron chi connectivity index (χ1n) is 7.58. The number of hydrogen-bond donors (Lipinski definition) is 3. The molecule has 0 aliphatic rings. The number of nitro benzene ring substituents is 1. The van der Waals surface area contributed by atoms with Crippen molar-refractivity contribution in [2.45, 2.75) is 0 Å². The molecule has 0 unspecified atom stereocenters. The van der Waals surface area contributed by atoms with Crippen LogP contribution in [-0.4, -0.2) is 25.1 Å². The molecule has 0 bridgehead atoms. The summed E-state index contributed by atoms with van der Waals surface area (Å²) >= 11 is 6.36. The van der Waals surface area contributed by atoms with E-state index in [0.717, 1.165) is 5.52 Å². The number of rotatable bonds is 3. The number of azo groups is 1. The average molecular weight is 398 g/mol. The zero-order valence-electron chi connectivity index (χ0n) is 13.4. The first-order valence-corrected chi connectivity index (χ1v) is 8.81. The number of aromatic amines is 1. The lowest BCUT2D eigenvalue weighted by Crippen LogP contribution is -2.04. The molecule has 0 aliphatic carbocycles. The van der Waals surface area contributed by atoms with Crippen LogP contribution in [0, 0.1) is 10.1 Å². The second-order valence-electron chi connectivity index (χ2n) is 5.43. The number of hydrogen-bond acceptors (Lipinski definition) is 7. The number of nitro groups is 1. The van der Waals surface area contributed by atoms with Gasteiger partial charge >= 0.3 is 0 Å². The molecule has 2 aromatic carbocycles. The van der Waals surface area contributed by atoms with Gasteiger partial charge in [0.25, 0.3) is 5.69 Å². The van der Waals surface area contributed by atoms with E-state index >= 15 is 0 Å². The highest BCUT2D eigenvalue weighted by Crippen LogP contribution is 2.35. The summed E-state index contributed by atoms with van der Waals surface area (Å²) in [7, 11) is 0. The predicted molar refractivity (Wildman–Crippen MR) is 107 cm³/mol. The Kier molecular flexibility index (Phi) is 4.22. The van der Waals surface area contributed by atoms with Gasteiger partial charge in [-0.1, -0.05) is 29.5 Å². The number of nitrogens with zero attached hydrogens (tertiary/aromatic N) is 4. The molecular weight excluding hydrogens is 388 g/mol. The minimum Gasteiger partial charge on any atom is -0.493 e. The summed E-state index contributed by atoms with van der Waals surface area (Å²) in [5.74, 6) is -0.102. The van der Waals surface area contributed by atoms with Crippen molar-refractivity contribution in [3.8, 4) is 5.88 Å². The monoisotopic (exact) mass is 398 g/mol. The Morgan fingerprint density at radius 3 is 2.96 bits per heavy atom. The van der Waals surface area contributed by atoms with Crippen LogP contribution in [0.4, 0.5) is 16.5 Å². The number of non-ortho nitro benzene ring substituents is 1. The molecule has 134 valence electrons. The van der Waals surface area contributed by atoms with Crippen molar-refractivity contribution in [1.29, 1.82) is 0 Å². The minimum atomic E-state index is -0.460. The maximum Gasteiger partial charge on any atom is 0.270 e. The fourth-order valence-electron chi connectivity index (χ4n) is 2.51. The number of fused-ring (bicyclic) bond motifs is 2. The number of thiazole rings is 1. The molecule has 4 aromatic rings. The maximum atomic E-state index is 10.9. The zero-order chi connectivity index (χ0) is 19.0. The number of aromatic nitrogens is 2. The number of para-hydroxylation sites is 1. The van der Waals surface area contributed by atoms with Gasteiger partial charge in [0.2, 0.25) is 11.0 Å². The van der Waals surface area contributed by atoms with Gasteiger partial charge in [-0.3, -0.25) is 10.1 Å². The van der Waals surface area contributed by atoms with E-state index in [0.29, 0.717) is 20.7 Å². The zero-order valence-corrected chi connectivity index (χ0v) is 15.0. The van der Waals surface area contributed by atoms with Crippen LogP contribution < -0.4 is 5.32 Å². The molecule has 4 rings (SSSR count). The Balaban J connectivity index is 1.55. The van der Waals surface area contributed by atoms with Crippen LogP contribution in [0.5, 0.6) is 5.88 Å². The number of thiocarbonyl (C=S) groups is 1. The third-order valence-corrected chi connectivity index (χ3v) is 4.81. The molecule has 0 radical (unpaired) electrons. The van der Waals surface area contributed by atoms with Crippen molar-refractivity contribution in [3.63, 3.8) is 0 Å². The predicted octanol–water partition coefficient (Wildman–Crippen LogP) is 4.87. The van der Waals surface area contributed by atoms with Crippen LogP contribution in [0.1, 0.15) is 0 Å². The normalized spacial score (nSPS) is 11.4. The van der Waals surface area contributed by atoms with Crippen LogP contribution in [0.2, 0.25) is 0 Å². The van der Waals surface area contributed by atoms with Gasteiger partial charge in [-0.25, -0.2) is 4.98 Å². The fraction of sp³-hybridized carbons (Fsp3) is 0. The number of anilines is 1. The van der Waals surface area contributed by atoms with E-state index in [4.69, 9.17) is 12.2 Å². The molecule has 0 spiro atoms. The summed E-state index contributed by atoms with van der Waals surface area (Å²) in [6.07, 6.45) is 0. The number of benzene rings is 2. The van der Waals surface area contributed by atoms with E-state index in [2.05, 4.69) is 25.5 Å². The van der Waals surface area contributed by atoms with Crippen LogP contribution in [0.3, 0.4) is 0 Å². The summed E-state index contributed by atoms with van der Waals surface area (Å²) in [4.78, 5) is 17.5. The Labute approximate surface area is 160 Å². The SMILES string of the molecule is O=[N+]([O-])c1ccc2nc(NC(=S)N=Nc3c(O)[nH]c4ccccc34)sc2c1. The van der Waals surface area contributed by atoms with Gasteiger partial charge < -0.3 is 15.4 Å². The molecule has 2 heterocycles. The van der Waals surface area contributed by atoms with Crippen molar-refractivity contribution in [3.05, 3.63) is 52.6 Å². The molecule has 3 N–H and O–H groups in total. The third-order valence-electron chi connectivity index (χ3n) is 3.70. The summed E-state index contributed by atoms with van der Waals surface area (Å²) in [5.41, 5.74) is 1.63. The highest BCUT2D eigenvalue weighted by molar-refractivity contribution is 7.80. The molecule has 2 aromatic heterocycles. The summed E-state index contributed by atoms with van der Waals surface area (Å²) in [6.45, 7) is 0. The molecule has 0 aliphatic heterocycles. The molecule has 0 amide bonds. The van der Waals surface area contributed by atoms with Crippen LogP contribution >= 0.6 is 23.6 Å². The molecule has 27 heavy (non-hydrogen) atoms. The summed E-state index contributed by atoms with van der Waals surface area (Å²) in [6, 6.07) is 11.7. The lowest BCUT2D eigenvalue weighted by atomic mass is 10.2. The lowest BCUT2D eigenvalue weighted by molar-refractivity contribution is -0.384. The van der Waals surface area contributed by atoms with E-state index in [1.54, 1.807) is 12.1 Å². The largest absolute Gasteiger partial charge is 0.493 e. The highest BCUT2D eigenvalue weighted by Gasteiger charge is 2.12. The molecule has 0 atom stereocenters. The third kappa shape index (κ3) is 3.32. The number of nitrogens with one attached hydrogen (secondary N) is 2. The fourth-order valence-corrected chi connectivity index (χ4v) is 3.61. The van der Waals surface area contributed by atoms with Crippen LogP contribution in [0.25, 0.3) is 21.1 Å². The van der Waals surface area contributed by atoms with Crippen LogP contribution in [0.15, 0.2) is 52.7 Å². The van der Waals surface area contributed by atoms with Crippen molar-refractivity contribution in [1.82, 2.24) is 9.97 Å². The minimum absolute atomic E-state index is 0.00484. The topological polar surface area (TPSA) is 129 Å². The number of H-pyrrole nitrogens is 1. The first-order chi connectivity index (χ1) is 13.0. The van der Waals surface area contributed by atoms with Crippen molar-refractivity contribution in [2.24, 2.45) is 10.2 Å². The van der Waals surface area contributed by atoms with Gasteiger partial charge in [-0.15, -0.1) is 10.2 Å². The van der Waals surface area contributed by atoms with Gasteiger partial charge in [-0.2, -0.15) is 0 Å². The summed E-state index contributed by atoms with van der Waals surface area (Å²) < 4.78 is 0.653. The Hall–Kier alpha value is -3.44. The van der Waals surface area contributed by atoms with Gasteiger partial charge in [-0.05, 0) is 24.4 Å². The van der Waals surface area contributed by atoms with Gasteiger partial charge in [0.05, 0.1) is 20.7 Å². The molecule has 0 saturated heterocycles. The maximum absolute atomic E-state index is 10.9. The van der Waals surface area contributed by atoms with Gasteiger partial charge in [0.15, 0.2) is 10.8 Å².